The lowest BCUT2D eigenvalue weighted by molar-refractivity contribution is 0.104. The molecule has 6 nitrogen and oxygen atoms in total. The summed E-state index contributed by atoms with van der Waals surface area (Å²) in [5, 5.41) is 9.66. The van der Waals surface area contributed by atoms with Crippen molar-refractivity contribution in [3.05, 3.63) is 35.0 Å². The number of nitrogens with zero attached hydrogens (tertiary/aromatic N) is 1. The van der Waals surface area contributed by atoms with Gasteiger partial charge in [-0.3, -0.25) is 9.89 Å². The van der Waals surface area contributed by atoms with Crippen LogP contribution in [0.15, 0.2) is 18.2 Å². The van der Waals surface area contributed by atoms with Crippen molar-refractivity contribution in [3.63, 3.8) is 0 Å². The minimum atomic E-state index is -0.689. The number of anilines is 1. The Morgan fingerprint density at radius 3 is 2.90 bits per heavy atom. The van der Waals surface area contributed by atoms with Crippen molar-refractivity contribution in [3.8, 4) is 11.3 Å². The highest BCUT2D eigenvalue weighted by Crippen LogP contribution is 2.40. The van der Waals surface area contributed by atoms with Gasteiger partial charge in [0, 0.05) is 11.3 Å². The molecule has 20 heavy (non-hydrogen) atoms. The number of aromatic amines is 1. The molecule has 0 unspecified atom stereocenters. The lowest BCUT2D eigenvalue weighted by atomic mass is 10.1. The molecule has 3 rings (SSSR count). The van der Waals surface area contributed by atoms with Crippen molar-refractivity contribution in [2.75, 3.05) is 5.32 Å². The molecule has 0 spiro atoms. The third-order valence-electron chi connectivity index (χ3n) is 3.37. The minimum absolute atomic E-state index is 0.114. The number of carbonyl (C=O) groups excluding carboxylic acids is 2. The first kappa shape index (κ1) is 12.4. The molecule has 1 aromatic carbocycles. The minimum Gasteiger partial charge on any atom is -0.351 e. The van der Waals surface area contributed by atoms with Crippen LogP contribution in [0.3, 0.4) is 0 Å². The first-order chi connectivity index (χ1) is 9.63. The van der Waals surface area contributed by atoms with E-state index >= 15 is 0 Å². The van der Waals surface area contributed by atoms with Crippen molar-refractivity contribution in [2.24, 2.45) is 5.73 Å². The second kappa shape index (κ2) is 4.48. The van der Waals surface area contributed by atoms with Gasteiger partial charge in [0.15, 0.2) is 5.78 Å². The summed E-state index contributed by atoms with van der Waals surface area (Å²) in [5.74, 6) is -0.114. The van der Waals surface area contributed by atoms with E-state index in [9.17, 15) is 9.59 Å². The van der Waals surface area contributed by atoms with E-state index in [4.69, 9.17) is 5.73 Å². The number of fused-ring (bicyclic) bond motifs is 3. The molecule has 6 heteroatoms. The average molecular weight is 270 g/mol. The van der Waals surface area contributed by atoms with Gasteiger partial charge >= 0.3 is 6.03 Å². The van der Waals surface area contributed by atoms with Gasteiger partial charge in [-0.2, -0.15) is 5.10 Å². The summed E-state index contributed by atoms with van der Waals surface area (Å²) < 4.78 is 0. The number of aromatic nitrogens is 2. The normalized spacial score (nSPS) is 12.2. The lowest BCUT2D eigenvalue weighted by Crippen LogP contribution is -2.20. The summed E-state index contributed by atoms with van der Waals surface area (Å²) in [5.41, 5.74) is 8.88. The number of primary amides is 1. The topological polar surface area (TPSA) is 101 Å². The van der Waals surface area contributed by atoms with Gasteiger partial charge in [-0.05, 0) is 12.5 Å². The second-order valence-corrected chi connectivity index (χ2v) is 4.72. The van der Waals surface area contributed by atoms with Crippen LogP contribution in [-0.2, 0) is 6.42 Å². The van der Waals surface area contributed by atoms with Crippen LogP contribution in [0, 0.1) is 0 Å². The number of H-pyrrole nitrogens is 1. The van der Waals surface area contributed by atoms with Gasteiger partial charge in [0.2, 0.25) is 0 Å². The van der Waals surface area contributed by atoms with Crippen LogP contribution >= 0.6 is 0 Å². The quantitative estimate of drug-likeness (QED) is 0.679. The lowest BCUT2D eigenvalue weighted by Gasteiger charge is -2.07. The highest BCUT2D eigenvalue weighted by molar-refractivity contribution is 6.25. The zero-order chi connectivity index (χ0) is 14.3. The third kappa shape index (κ3) is 1.69. The molecule has 1 aliphatic carbocycles. The van der Waals surface area contributed by atoms with Gasteiger partial charge in [-0.1, -0.05) is 25.5 Å². The van der Waals surface area contributed by atoms with E-state index in [1.807, 2.05) is 13.0 Å². The van der Waals surface area contributed by atoms with Gasteiger partial charge in [-0.15, -0.1) is 0 Å². The largest absolute Gasteiger partial charge is 0.351 e. The Kier molecular flexibility index (Phi) is 2.78. The fourth-order valence-electron chi connectivity index (χ4n) is 2.60. The standard InChI is InChI=1S/C14H14N4O2/c1-2-4-9-11-12(18-17-9)7-5-3-6-8(16-14(15)20)10(7)13(11)19/h3,5-6H,2,4H2,1H3,(H,17,18)(H3,15,16,20). The molecule has 0 aliphatic heterocycles. The molecule has 0 atom stereocenters. The van der Waals surface area contributed by atoms with E-state index in [0.29, 0.717) is 22.5 Å². The Morgan fingerprint density at radius 1 is 1.40 bits per heavy atom. The van der Waals surface area contributed by atoms with Crippen LogP contribution in [0.4, 0.5) is 10.5 Å². The Balaban J connectivity index is 2.15. The van der Waals surface area contributed by atoms with E-state index in [-0.39, 0.29) is 5.78 Å². The molecule has 0 fully saturated rings. The van der Waals surface area contributed by atoms with Crippen molar-refractivity contribution in [2.45, 2.75) is 19.8 Å². The highest BCUT2D eigenvalue weighted by atomic mass is 16.2. The molecule has 0 saturated heterocycles. The zero-order valence-corrected chi connectivity index (χ0v) is 11.0. The molecular formula is C14H14N4O2. The smallest absolute Gasteiger partial charge is 0.316 e. The summed E-state index contributed by atoms with van der Waals surface area (Å²) >= 11 is 0. The highest BCUT2D eigenvalue weighted by Gasteiger charge is 2.34. The first-order valence-electron chi connectivity index (χ1n) is 6.45. The number of nitrogens with two attached hydrogens (primary N) is 1. The summed E-state index contributed by atoms with van der Waals surface area (Å²) in [4.78, 5) is 23.6. The Labute approximate surface area is 115 Å². The molecule has 2 amide bonds. The molecule has 0 saturated carbocycles. The monoisotopic (exact) mass is 270 g/mol. The Bertz CT molecular complexity index is 718. The molecule has 1 heterocycles. The summed E-state index contributed by atoms with van der Waals surface area (Å²) in [7, 11) is 0. The number of rotatable bonds is 3. The van der Waals surface area contributed by atoms with Gasteiger partial charge in [0.05, 0.1) is 16.8 Å². The van der Waals surface area contributed by atoms with Crippen molar-refractivity contribution in [1.29, 1.82) is 0 Å². The molecule has 1 aromatic heterocycles. The van der Waals surface area contributed by atoms with E-state index in [1.165, 1.54) is 0 Å². The van der Waals surface area contributed by atoms with Crippen LogP contribution in [0.2, 0.25) is 0 Å². The van der Waals surface area contributed by atoms with Crippen molar-refractivity contribution >= 4 is 17.5 Å². The molecule has 102 valence electrons. The van der Waals surface area contributed by atoms with E-state index in [0.717, 1.165) is 24.1 Å². The third-order valence-corrected chi connectivity index (χ3v) is 3.37. The van der Waals surface area contributed by atoms with E-state index in [2.05, 4.69) is 15.5 Å². The number of benzene rings is 1. The van der Waals surface area contributed by atoms with Crippen LogP contribution in [0.25, 0.3) is 11.3 Å². The Hall–Kier alpha value is -2.63. The maximum absolute atomic E-state index is 12.6. The van der Waals surface area contributed by atoms with Crippen LogP contribution in [0.5, 0.6) is 0 Å². The van der Waals surface area contributed by atoms with Gasteiger partial charge in [0.1, 0.15) is 5.69 Å². The SMILES string of the molecule is CCCc1[nH]nc2c1C(=O)c1c(NC(N)=O)cccc1-2. The van der Waals surface area contributed by atoms with Gasteiger partial charge in [0.25, 0.3) is 0 Å². The van der Waals surface area contributed by atoms with Gasteiger partial charge in [-0.25, -0.2) is 4.79 Å². The second-order valence-electron chi connectivity index (χ2n) is 4.72. The van der Waals surface area contributed by atoms with Crippen LogP contribution < -0.4 is 11.1 Å². The fourth-order valence-corrected chi connectivity index (χ4v) is 2.60. The maximum Gasteiger partial charge on any atom is 0.316 e. The van der Waals surface area contributed by atoms with E-state index < -0.39 is 6.03 Å². The zero-order valence-electron chi connectivity index (χ0n) is 11.0. The molecule has 1 aliphatic rings. The van der Waals surface area contributed by atoms with Crippen molar-refractivity contribution in [1.82, 2.24) is 10.2 Å². The molecular weight excluding hydrogens is 256 g/mol. The number of hydrogen-bond donors (Lipinski definition) is 3. The fraction of sp³-hybridized carbons (Fsp3) is 0.214. The first-order valence-corrected chi connectivity index (χ1v) is 6.45. The number of amides is 2. The maximum atomic E-state index is 12.6. The molecule has 0 bridgehead atoms. The predicted molar refractivity (Wildman–Crippen MR) is 74.7 cm³/mol. The Morgan fingerprint density at radius 2 is 2.20 bits per heavy atom. The molecule has 4 N–H and O–H groups in total. The van der Waals surface area contributed by atoms with E-state index in [1.54, 1.807) is 12.1 Å². The summed E-state index contributed by atoms with van der Waals surface area (Å²) in [6.07, 6.45) is 1.69. The summed E-state index contributed by atoms with van der Waals surface area (Å²) in [6.45, 7) is 2.04. The molecule has 2 aromatic rings. The van der Waals surface area contributed by atoms with Crippen LogP contribution in [-0.4, -0.2) is 22.0 Å². The number of aryl methyl sites for hydroxylation is 1. The van der Waals surface area contributed by atoms with Gasteiger partial charge < -0.3 is 11.1 Å². The van der Waals surface area contributed by atoms with Crippen LogP contribution in [0.1, 0.15) is 35.0 Å². The number of ketones is 1. The average Bonchev–Trinajstić information content (AvgIpc) is 2.92. The number of hydrogen-bond acceptors (Lipinski definition) is 3. The summed E-state index contributed by atoms with van der Waals surface area (Å²) in [6, 6.07) is 4.56. The number of nitrogens with one attached hydrogen (secondary N) is 2. The number of carbonyl (C=O) groups is 2. The molecule has 0 radical (unpaired) electrons. The number of urea groups is 1. The predicted octanol–water partition coefficient (Wildman–Crippen LogP) is 2.06. The van der Waals surface area contributed by atoms with Crippen molar-refractivity contribution < 1.29 is 9.59 Å².